The number of methoxy groups -OCH3 is 2. The second-order valence-corrected chi connectivity index (χ2v) is 5.85. The van der Waals surface area contributed by atoms with E-state index < -0.39 is 24.2 Å². The van der Waals surface area contributed by atoms with Crippen LogP contribution in [0.4, 0.5) is 4.39 Å². The summed E-state index contributed by atoms with van der Waals surface area (Å²) < 4.78 is 29.4. The molecule has 0 atom stereocenters. The van der Waals surface area contributed by atoms with Crippen LogP contribution in [0.1, 0.15) is 10.4 Å². The van der Waals surface area contributed by atoms with Crippen molar-refractivity contribution < 1.29 is 28.2 Å². The molecular weight excluding hydrogens is 411 g/mol. The summed E-state index contributed by atoms with van der Waals surface area (Å²) in [6, 6.07) is 8.72. The van der Waals surface area contributed by atoms with Crippen LogP contribution in [0.2, 0.25) is 0 Å². The molecule has 9 heteroatoms. The molecule has 0 fully saturated rings. The number of carbonyl (C=O) groups is 2. The molecule has 2 amide bonds. The van der Waals surface area contributed by atoms with Gasteiger partial charge < -0.3 is 14.2 Å². The Morgan fingerprint density at radius 2 is 1.69 bits per heavy atom. The molecule has 0 saturated carbocycles. The molecule has 0 saturated heterocycles. The van der Waals surface area contributed by atoms with Crippen molar-refractivity contribution in [3.63, 3.8) is 0 Å². The Morgan fingerprint density at radius 1 is 1.00 bits per heavy atom. The van der Waals surface area contributed by atoms with Crippen LogP contribution in [0.25, 0.3) is 0 Å². The molecule has 0 unspecified atom stereocenters. The van der Waals surface area contributed by atoms with Gasteiger partial charge in [-0.2, -0.15) is 0 Å². The van der Waals surface area contributed by atoms with Crippen LogP contribution in [0.5, 0.6) is 17.2 Å². The number of carbonyl (C=O) groups excluding carboxylic acids is 2. The third-order valence-electron chi connectivity index (χ3n) is 3.21. The normalized spacial score (nSPS) is 10.0. The fourth-order valence-corrected chi connectivity index (χ4v) is 2.28. The summed E-state index contributed by atoms with van der Waals surface area (Å²) in [7, 11) is 2.92. The Labute approximate surface area is 157 Å². The lowest BCUT2D eigenvalue weighted by molar-refractivity contribution is -0.123. The van der Waals surface area contributed by atoms with Crippen molar-refractivity contribution in [3.05, 3.63) is 52.3 Å². The van der Waals surface area contributed by atoms with Crippen LogP contribution in [-0.4, -0.2) is 32.6 Å². The Bertz CT molecular complexity index is 816. The van der Waals surface area contributed by atoms with Gasteiger partial charge >= 0.3 is 0 Å². The van der Waals surface area contributed by atoms with E-state index in [1.165, 1.54) is 38.5 Å². The van der Waals surface area contributed by atoms with Crippen LogP contribution in [0, 0.1) is 5.82 Å². The SMILES string of the molecule is COc1ccc(C(=O)NNC(=O)COc2ccc(Br)cc2F)cc1OC. The second-order valence-electron chi connectivity index (χ2n) is 4.94. The van der Waals surface area contributed by atoms with E-state index >= 15 is 0 Å². The number of hydrogen-bond acceptors (Lipinski definition) is 5. The summed E-state index contributed by atoms with van der Waals surface area (Å²) in [5.41, 5.74) is 4.66. The molecule has 0 aromatic heterocycles. The smallest absolute Gasteiger partial charge is 0.276 e. The number of hydrazine groups is 1. The number of ether oxygens (including phenoxy) is 3. The Hall–Kier alpha value is -2.81. The predicted molar refractivity (Wildman–Crippen MR) is 94.7 cm³/mol. The molecule has 0 spiro atoms. The maximum absolute atomic E-state index is 13.6. The highest BCUT2D eigenvalue weighted by molar-refractivity contribution is 9.10. The molecule has 0 aliphatic heterocycles. The molecule has 0 aliphatic carbocycles. The van der Waals surface area contributed by atoms with E-state index in [1.54, 1.807) is 12.1 Å². The lowest BCUT2D eigenvalue weighted by Gasteiger charge is -2.11. The minimum absolute atomic E-state index is 0.0745. The average molecular weight is 427 g/mol. The van der Waals surface area contributed by atoms with Crippen molar-refractivity contribution in [2.75, 3.05) is 20.8 Å². The van der Waals surface area contributed by atoms with Gasteiger partial charge in [-0.05, 0) is 36.4 Å². The summed E-state index contributed by atoms with van der Waals surface area (Å²) in [4.78, 5) is 23.8. The van der Waals surface area contributed by atoms with Crippen molar-refractivity contribution in [3.8, 4) is 17.2 Å². The molecule has 26 heavy (non-hydrogen) atoms. The van der Waals surface area contributed by atoms with Crippen LogP contribution in [0.15, 0.2) is 40.9 Å². The highest BCUT2D eigenvalue weighted by Crippen LogP contribution is 2.27. The van der Waals surface area contributed by atoms with E-state index in [1.807, 2.05) is 0 Å². The third-order valence-corrected chi connectivity index (χ3v) is 3.71. The fraction of sp³-hybridized carbons (Fsp3) is 0.176. The summed E-state index contributed by atoms with van der Waals surface area (Å²) in [6.45, 7) is -0.467. The highest BCUT2D eigenvalue weighted by Gasteiger charge is 2.12. The summed E-state index contributed by atoms with van der Waals surface area (Å²) in [5, 5.41) is 0. The van der Waals surface area contributed by atoms with E-state index in [9.17, 15) is 14.0 Å². The van der Waals surface area contributed by atoms with Gasteiger partial charge in [0.2, 0.25) is 0 Å². The minimum atomic E-state index is -0.652. The van der Waals surface area contributed by atoms with Crippen LogP contribution in [-0.2, 0) is 4.79 Å². The lowest BCUT2D eigenvalue weighted by Crippen LogP contribution is -2.43. The monoisotopic (exact) mass is 426 g/mol. The summed E-state index contributed by atoms with van der Waals surface area (Å²) in [5.74, 6) is -1.05. The first-order valence-electron chi connectivity index (χ1n) is 7.33. The van der Waals surface area contributed by atoms with Gasteiger partial charge in [0.1, 0.15) is 0 Å². The predicted octanol–water partition coefficient (Wildman–Crippen LogP) is 2.45. The van der Waals surface area contributed by atoms with Gasteiger partial charge in [0.25, 0.3) is 11.8 Å². The molecule has 2 aromatic rings. The molecular formula is C17H16BrFN2O5. The summed E-state index contributed by atoms with van der Waals surface area (Å²) >= 11 is 3.12. The Kier molecular flexibility index (Phi) is 6.79. The van der Waals surface area contributed by atoms with Gasteiger partial charge in [-0.3, -0.25) is 20.4 Å². The molecule has 2 aromatic carbocycles. The number of halogens is 2. The molecule has 2 rings (SSSR count). The highest BCUT2D eigenvalue weighted by atomic mass is 79.9. The molecule has 138 valence electrons. The molecule has 0 heterocycles. The standard InChI is InChI=1S/C17H16BrFN2O5/c1-24-14-5-3-10(7-15(14)25-2)17(23)21-20-16(22)9-26-13-6-4-11(18)8-12(13)19/h3-8H,9H2,1-2H3,(H,20,22)(H,21,23). The van der Waals surface area contributed by atoms with E-state index in [4.69, 9.17) is 14.2 Å². The minimum Gasteiger partial charge on any atom is -0.493 e. The second kappa shape index (κ2) is 9.04. The zero-order valence-corrected chi connectivity index (χ0v) is 15.6. The molecule has 2 N–H and O–H groups in total. The largest absolute Gasteiger partial charge is 0.493 e. The maximum Gasteiger partial charge on any atom is 0.276 e. The van der Waals surface area contributed by atoms with Gasteiger partial charge in [0.15, 0.2) is 29.7 Å². The molecule has 0 aliphatic rings. The van der Waals surface area contributed by atoms with Crippen LogP contribution in [0.3, 0.4) is 0 Å². The van der Waals surface area contributed by atoms with Gasteiger partial charge in [0, 0.05) is 10.0 Å². The quantitative estimate of drug-likeness (QED) is 0.692. The lowest BCUT2D eigenvalue weighted by atomic mass is 10.2. The van der Waals surface area contributed by atoms with Gasteiger partial charge in [0.05, 0.1) is 14.2 Å². The number of rotatable bonds is 6. The van der Waals surface area contributed by atoms with Crippen molar-refractivity contribution in [2.45, 2.75) is 0 Å². The summed E-state index contributed by atoms with van der Waals surface area (Å²) in [6.07, 6.45) is 0. The first kappa shape index (κ1) is 19.5. The van der Waals surface area contributed by atoms with Gasteiger partial charge in [-0.1, -0.05) is 15.9 Å². The zero-order chi connectivity index (χ0) is 19.1. The first-order valence-corrected chi connectivity index (χ1v) is 8.13. The number of nitrogens with one attached hydrogen (secondary N) is 2. The van der Waals surface area contributed by atoms with Crippen LogP contribution < -0.4 is 25.1 Å². The topological polar surface area (TPSA) is 85.9 Å². The number of amides is 2. The van der Waals surface area contributed by atoms with Gasteiger partial charge in [-0.15, -0.1) is 0 Å². The van der Waals surface area contributed by atoms with Crippen LogP contribution >= 0.6 is 15.9 Å². The van der Waals surface area contributed by atoms with E-state index in [0.29, 0.717) is 16.0 Å². The van der Waals surface area contributed by atoms with Crippen molar-refractivity contribution in [1.29, 1.82) is 0 Å². The van der Waals surface area contributed by atoms with Crippen molar-refractivity contribution in [2.24, 2.45) is 0 Å². The Balaban J connectivity index is 1.87. The van der Waals surface area contributed by atoms with Gasteiger partial charge in [-0.25, -0.2) is 4.39 Å². The van der Waals surface area contributed by atoms with E-state index in [-0.39, 0.29) is 11.3 Å². The number of benzene rings is 2. The average Bonchev–Trinajstić information content (AvgIpc) is 2.64. The van der Waals surface area contributed by atoms with Crippen molar-refractivity contribution >= 4 is 27.7 Å². The van der Waals surface area contributed by atoms with E-state index in [0.717, 1.165) is 0 Å². The fourth-order valence-electron chi connectivity index (χ4n) is 1.95. The molecule has 0 bridgehead atoms. The Morgan fingerprint density at radius 3 is 2.35 bits per heavy atom. The van der Waals surface area contributed by atoms with Crippen molar-refractivity contribution in [1.82, 2.24) is 10.9 Å². The van der Waals surface area contributed by atoms with E-state index in [2.05, 4.69) is 26.8 Å². The molecule has 7 nitrogen and oxygen atoms in total. The zero-order valence-electron chi connectivity index (χ0n) is 14.0. The first-order chi connectivity index (χ1) is 12.4. The molecule has 0 radical (unpaired) electrons. The maximum atomic E-state index is 13.6. The third kappa shape index (κ3) is 5.09. The number of hydrogen-bond donors (Lipinski definition) is 2.